The number of aromatic nitrogens is 2. The second-order valence-electron chi connectivity index (χ2n) is 4.64. The molecule has 0 bridgehead atoms. The lowest BCUT2D eigenvalue weighted by Crippen LogP contribution is -1.99. The fraction of sp³-hybridized carbons (Fsp3) is 0.333. The third-order valence-electron chi connectivity index (χ3n) is 3.21. The van der Waals surface area contributed by atoms with Crippen molar-refractivity contribution >= 4 is 17.4 Å². The van der Waals surface area contributed by atoms with Crippen LogP contribution in [0.4, 0.5) is 5.69 Å². The molecule has 0 spiro atoms. The van der Waals surface area contributed by atoms with E-state index in [0.717, 1.165) is 34.4 Å². The van der Waals surface area contributed by atoms with Crippen molar-refractivity contribution < 1.29 is 0 Å². The summed E-state index contributed by atoms with van der Waals surface area (Å²) in [6.07, 6.45) is 1.00. The Morgan fingerprint density at radius 1 is 1.00 bits per heavy atom. The first kappa shape index (κ1) is 13.9. The van der Waals surface area contributed by atoms with E-state index in [0.29, 0.717) is 0 Å². The van der Waals surface area contributed by atoms with Crippen molar-refractivity contribution in [2.45, 2.75) is 32.3 Å². The van der Waals surface area contributed by atoms with E-state index in [1.54, 1.807) is 11.8 Å². The highest BCUT2D eigenvalue weighted by Crippen LogP contribution is 2.18. The number of nitrogens with zero attached hydrogens (tertiary/aromatic N) is 2. The Hall–Kier alpha value is -1.55. The quantitative estimate of drug-likeness (QED) is 0.527. The largest absolute Gasteiger partial charge is 0.399 e. The van der Waals surface area contributed by atoms with Crippen LogP contribution in [-0.4, -0.2) is 15.7 Å². The van der Waals surface area contributed by atoms with Crippen LogP contribution in [0.2, 0.25) is 0 Å². The van der Waals surface area contributed by atoms with Gasteiger partial charge in [-0.15, -0.1) is 0 Å². The average Bonchev–Trinajstić information content (AvgIpc) is 2.38. The molecular weight excluding hydrogens is 254 g/mol. The summed E-state index contributed by atoms with van der Waals surface area (Å²) in [6.45, 7) is 6.13. The van der Waals surface area contributed by atoms with Crippen molar-refractivity contribution in [3.63, 3.8) is 0 Å². The van der Waals surface area contributed by atoms with Gasteiger partial charge in [-0.2, -0.15) is 0 Å². The summed E-state index contributed by atoms with van der Waals surface area (Å²) in [5, 5.41) is 0.871. The summed E-state index contributed by atoms with van der Waals surface area (Å²) in [4.78, 5) is 9.02. The van der Waals surface area contributed by atoms with E-state index in [-0.39, 0.29) is 0 Å². The summed E-state index contributed by atoms with van der Waals surface area (Å²) < 4.78 is 0. The molecule has 3 nitrogen and oxygen atoms in total. The zero-order chi connectivity index (χ0) is 13.8. The highest BCUT2D eigenvalue weighted by Gasteiger charge is 2.05. The van der Waals surface area contributed by atoms with Gasteiger partial charge in [0.05, 0.1) is 0 Å². The monoisotopic (exact) mass is 273 g/mol. The Kier molecular flexibility index (Phi) is 4.43. The summed E-state index contributed by atoms with van der Waals surface area (Å²) in [5.41, 5.74) is 11.1. The van der Waals surface area contributed by atoms with Gasteiger partial charge in [-0.05, 0) is 50.5 Å². The topological polar surface area (TPSA) is 51.8 Å². The number of anilines is 1. The Morgan fingerprint density at radius 2 is 1.58 bits per heavy atom. The maximum Gasteiger partial charge on any atom is 0.188 e. The van der Waals surface area contributed by atoms with E-state index in [1.165, 1.54) is 11.1 Å². The van der Waals surface area contributed by atoms with Crippen molar-refractivity contribution in [3.8, 4) is 0 Å². The maximum absolute atomic E-state index is 5.67. The number of benzene rings is 1. The van der Waals surface area contributed by atoms with Crippen LogP contribution in [0.1, 0.15) is 22.5 Å². The molecule has 1 heterocycles. The highest BCUT2D eigenvalue weighted by atomic mass is 32.2. The van der Waals surface area contributed by atoms with Crippen molar-refractivity contribution in [2.24, 2.45) is 0 Å². The van der Waals surface area contributed by atoms with Gasteiger partial charge in [0.2, 0.25) is 0 Å². The first-order chi connectivity index (χ1) is 9.06. The molecule has 100 valence electrons. The van der Waals surface area contributed by atoms with Gasteiger partial charge in [0.25, 0.3) is 0 Å². The van der Waals surface area contributed by atoms with Crippen LogP contribution >= 0.6 is 11.8 Å². The summed E-state index contributed by atoms with van der Waals surface area (Å²) in [7, 11) is 0. The minimum Gasteiger partial charge on any atom is -0.399 e. The van der Waals surface area contributed by atoms with Gasteiger partial charge in [0.15, 0.2) is 5.16 Å². The van der Waals surface area contributed by atoms with Crippen LogP contribution in [0.15, 0.2) is 29.4 Å². The smallest absolute Gasteiger partial charge is 0.188 e. The number of hydrogen-bond donors (Lipinski definition) is 1. The number of aryl methyl sites for hydroxylation is 3. The first-order valence-electron chi connectivity index (χ1n) is 6.35. The number of thioether (sulfide) groups is 1. The minimum atomic E-state index is 0.810. The van der Waals surface area contributed by atoms with Crippen molar-refractivity contribution in [2.75, 3.05) is 11.5 Å². The molecule has 19 heavy (non-hydrogen) atoms. The predicted molar refractivity (Wildman–Crippen MR) is 81.5 cm³/mol. The molecule has 0 saturated heterocycles. The minimum absolute atomic E-state index is 0.810. The maximum atomic E-state index is 5.67. The number of nitrogen functional groups attached to an aromatic ring is 1. The van der Waals surface area contributed by atoms with Crippen molar-refractivity contribution in [1.29, 1.82) is 0 Å². The standard InChI is InChI=1S/C15H19N3S/c1-10-11(2)17-15(18-12(10)3)19-9-8-13-4-6-14(16)7-5-13/h4-7H,8-9,16H2,1-3H3. The Bertz CT molecular complexity index is 541. The molecule has 0 unspecified atom stereocenters. The zero-order valence-corrected chi connectivity index (χ0v) is 12.4. The Morgan fingerprint density at radius 3 is 2.16 bits per heavy atom. The van der Waals surface area contributed by atoms with Crippen LogP contribution in [0.5, 0.6) is 0 Å². The van der Waals surface area contributed by atoms with Crippen molar-refractivity contribution in [1.82, 2.24) is 9.97 Å². The lowest BCUT2D eigenvalue weighted by atomic mass is 10.2. The predicted octanol–water partition coefficient (Wildman–Crippen LogP) is 3.32. The number of rotatable bonds is 4. The first-order valence-corrected chi connectivity index (χ1v) is 7.34. The van der Waals surface area contributed by atoms with E-state index in [4.69, 9.17) is 5.73 Å². The Labute approximate surface area is 118 Å². The Balaban J connectivity index is 1.94. The molecule has 0 aliphatic carbocycles. The molecule has 0 aliphatic heterocycles. The molecule has 2 N–H and O–H groups in total. The van der Waals surface area contributed by atoms with Gasteiger partial charge >= 0.3 is 0 Å². The lowest BCUT2D eigenvalue weighted by Gasteiger charge is -2.06. The SMILES string of the molecule is Cc1nc(SCCc2ccc(N)cc2)nc(C)c1C. The third kappa shape index (κ3) is 3.70. The summed E-state index contributed by atoms with van der Waals surface area (Å²) >= 11 is 1.70. The molecule has 0 radical (unpaired) electrons. The third-order valence-corrected chi connectivity index (χ3v) is 4.06. The fourth-order valence-corrected chi connectivity index (χ4v) is 2.67. The fourth-order valence-electron chi connectivity index (χ4n) is 1.75. The molecule has 2 rings (SSSR count). The molecule has 0 amide bonds. The van der Waals surface area contributed by atoms with Gasteiger partial charge in [-0.3, -0.25) is 0 Å². The van der Waals surface area contributed by atoms with E-state index >= 15 is 0 Å². The molecule has 0 aliphatic rings. The van der Waals surface area contributed by atoms with Gasteiger partial charge in [-0.1, -0.05) is 23.9 Å². The van der Waals surface area contributed by atoms with Crippen LogP contribution in [0.3, 0.4) is 0 Å². The van der Waals surface area contributed by atoms with Gasteiger partial charge < -0.3 is 5.73 Å². The highest BCUT2D eigenvalue weighted by molar-refractivity contribution is 7.99. The van der Waals surface area contributed by atoms with Gasteiger partial charge in [0.1, 0.15) is 0 Å². The molecule has 2 aromatic rings. The zero-order valence-electron chi connectivity index (χ0n) is 11.6. The molecule has 1 aromatic carbocycles. The summed E-state index contributed by atoms with van der Waals surface area (Å²) in [6, 6.07) is 8.03. The second-order valence-corrected chi connectivity index (χ2v) is 5.70. The van der Waals surface area contributed by atoms with E-state index in [2.05, 4.69) is 29.0 Å². The lowest BCUT2D eigenvalue weighted by molar-refractivity contribution is 0.880. The van der Waals surface area contributed by atoms with E-state index < -0.39 is 0 Å². The van der Waals surface area contributed by atoms with Crippen molar-refractivity contribution in [3.05, 3.63) is 46.8 Å². The molecule has 0 fully saturated rings. The normalized spacial score (nSPS) is 10.7. The van der Waals surface area contributed by atoms with Crippen LogP contribution in [-0.2, 0) is 6.42 Å². The number of hydrogen-bond acceptors (Lipinski definition) is 4. The second kappa shape index (κ2) is 6.06. The molecule has 0 saturated carbocycles. The molecule has 4 heteroatoms. The van der Waals surface area contributed by atoms with Gasteiger partial charge in [-0.25, -0.2) is 9.97 Å². The van der Waals surface area contributed by atoms with Crippen LogP contribution in [0, 0.1) is 20.8 Å². The summed E-state index contributed by atoms with van der Waals surface area (Å²) in [5.74, 6) is 0.978. The van der Waals surface area contributed by atoms with Crippen LogP contribution < -0.4 is 5.73 Å². The molecule has 1 aromatic heterocycles. The molecule has 0 atom stereocenters. The number of nitrogens with two attached hydrogens (primary N) is 1. The van der Waals surface area contributed by atoms with Gasteiger partial charge in [0, 0.05) is 22.8 Å². The molecular formula is C15H19N3S. The van der Waals surface area contributed by atoms with E-state index in [1.807, 2.05) is 26.0 Å². The van der Waals surface area contributed by atoms with E-state index in [9.17, 15) is 0 Å². The average molecular weight is 273 g/mol. The van der Waals surface area contributed by atoms with Crippen LogP contribution in [0.25, 0.3) is 0 Å².